The van der Waals surface area contributed by atoms with Crippen molar-refractivity contribution in [2.75, 3.05) is 33.4 Å². The second-order valence-electron chi connectivity index (χ2n) is 10.9. The summed E-state index contributed by atoms with van der Waals surface area (Å²) in [6.07, 6.45) is 3.80. The van der Waals surface area contributed by atoms with Gasteiger partial charge in [0.15, 0.2) is 6.23 Å². The number of amides is 1. The zero-order valence-electron chi connectivity index (χ0n) is 20.7. The number of pyridine rings is 1. The highest BCUT2D eigenvalue weighted by Gasteiger charge is 2.47. The number of nitrogens with zero attached hydrogens (tertiary/aromatic N) is 3. The topological polar surface area (TPSA) is 86.1 Å². The van der Waals surface area contributed by atoms with Crippen LogP contribution in [0.1, 0.15) is 66.0 Å². The number of aromatic nitrogens is 1. The summed E-state index contributed by atoms with van der Waals surface area (Å²) in [7, 11) is 2.05. The average molecular weight is 518 g/mol. The lowest BCUT2D eigenvalue weighted by atomic mass is 9.77. The first kappa shape index (κ1) is 25.5. The predicted octanol–water partition coefficient (Wildman–Crippen LogP) is 3.87. The Morgan fingerprint density at radius 3 is 2.61 bits per heavy atom. The molecule has 9 heteroatoms. The Hall–Kier alpha value is -2.10. The molecule has 194 valence electrons. The lowest BCUT2D eigenvalue weighted by Gasteiger charge is -2.39. The van der Waals surface area contributed by atoms with Crippen molar-refractivity contribution in [2.45, 2.75) is 51.0 Å². The Morgan fingerprint density at radius 1 is 1.28 bits per heavy atom. The normalized spacial score (nSPS) is 23.6. The summed E-state index contributed by atoms with van der Waals surface area (Å²) >= 11 is 5.97. The summed E-state index contributed by atoms with van der Waals surface area (Å²) in [6.45, 7) is 3.75. The van der Waals surface area contributed by atoms with Crippen LogP contribution in [0.4, 0.5) is 4.39 Å². The van der Waals surface area contributed by atoms with E-state index in [0.29, 0.717) is 16.3 Å². The average Bonchev–Trinajstić information content (AvgIpc) is 3.60. The largest absolute Gasteiger partial charge is 0.396 e. The molecule has 1 amide bonds. The lowest BCUT2D eigenvalue weighted by Crippen LogP contribution is -2.40. The molecule has 2 atom stereocenters. The number of aliphatic hydroxyl groups is 2. The van der Waals surface area contributed by atoms with E-state index >= 15 is 4.39 Å². The van der Waals surface area contributed by atoms with Crippen LogP contribution in [0, 0.1) is 17.2 Å². The summed E-state index contributed by atoms with van der Waals surface area (Å²) in [5.74, 6) is -0.988. The molecule has 0 bridgehead atoms. The van der Waals surface area contributed by atoms with E-state index in [9.17, 15) is 15.0 Å². The van der Waals surface area contributed by atoms with E-state index in [1.807, 2.05) is 7.05 Å². The second kappa shape index (κ2) is 9.65. The Balaban J connectivity index is 1.48. The number of carbonyl (C=O) groups is 1. The van der Waals surface area contributed by atoms with E-state index in [2.05, 4.69) is 9.88 Å². The van der Waals surface area contributed by atoms with Crippen molar-refractivity contribution in [3.8, 4) is 0 Å². The molecule has 0 spiro atoms. The van der Waals surface area contributed by atoms with Crippen molar-refractivity contribution in [1.29, 1.82) is 0 Å². The fraction of sp³-hybridized carbons (Fsp3) is 0.556. The molecule has 3 aliphatic rings. The van der Waals surface area contributed by atoms with E-state index < -0.39 is 17.6 Å². The number of piperidine rings is 1. The molecule has 1 saturated heterocycles. The minimum absolute atomic E-state index is 0.0138. The van der Waals surface area contributed by atoms with Gasteiger partial charge >= 0.3 is 0 Å². The summed E-state index contributed by atoms with van der Waals surface area (Å²) in [5.41, 5.74) is -0.230. The predicted molar refractivity (Wildman–Crippen MR) is 133 cm³/mol. The molecule has 3 heterocycles. The van der Waals surface area contributed by atoms with Crippen LogP contribution in [0.5, 0.6) is 0 Å². The van der Waals surface area contributed by atoms with Gasteiger partial charge in [0.05, 0.1) is 41.6 Å². The van der Waals surface area contributed by atoms with Crippen LogP contribution in [-0.4, -0.2) is 64.3 Å². The van der Waals surface area contributed by atoms with Crippen molar-refractivity contribution in [3.05, 3.63) is 63.7 Å². The molecular formula is C27H33ClFN3O4. The zero-order chi connectivity index (χ0) is 25.7. The fourth-order valence-corrected chi connectivity index (χ4v) is 5.46. The first-order valence-electron chi connectivity index (χ1n) is 12.5. The van der Waals surface area contributed by atoms with Crippen LogP contribution >= 0.6 is 11.6 Å². The van der Waals surface area contributed by atoms with Gasteiger partial charge < -0.3 is 24.7 Å². The molecule has 1 saturated carbocycles. The summed E-state index contributed by atoms with van der Waals surface area (Å²) in [5, 5.41) is 21.7. The van der Waals surface area contributed by atoms with Crippen LogP contribution in [0.3, 0.4) is 0 Å². The Morgan fingerprint density at radius 2 is 2.00 bits per heavy atom. The maximum Gasteiger partial charge on any atom is 0.257 e. The molecule has 0 radical (unpaired) electrons. The van der Waals surface area contributed by atoms with Crippen LogP contribution in [0.15, 0.2) is 30.5 Å². The molecule has 1 aromatic carbocycles. The van der Waals surface area contributed by atoms with E-state index in [-0.39, 0.29) is 48.1 Å². The number of aliphatic hydroxyl groups excluding tert-OH is 1. The summed E-state index contributed by atoms with van der Waals surface area (Å²) in [4.78, 5) is 21.6. The lowest BCUT2D eigenvalue weighted by molar-refractivity contribution is -0.0676. The molecule has 2 N–H and O–H groups in total. The SMILES string of the molecule is CN1CCC(C(C)(O)c2cc(F)c3c(c2)C(=O)N(Cc2ccc(Cl)cn2)[C@@H]3OCC2(CO)CC2)CC1. The highest BCUT2D eigenvalue weighted by atomic mass is 35.5. The van der Waals surface area contributed by atoms with Gasteiger partial charge in [-0.2, -0.15) is 0 Å². The van der Waals surface area contributed by atoms with Gasteiger partial charge in [0.2, 0.25) is 0 Å². The standard InChI is InChI=1S/C27H33ClFN3O4/c1-26(35,17-5-9-31(2)10-6-17)18-11-21-23(22(29)12-18)25(36-16-27(15-33)7-8-27)32(24(21)34)14-20-4-3-19(28)13-30-20/h3-4,11-13,17,25,33,35H,5-10,14-16H2,1-2H3/t25-,26?/m1/s1. The van der Waals surface area contributed by atoms with Crippen molar-refractivity contribution in [3.63, 3.8) is 0 Å². The number of likely N-dealkylation sites (tertiary alicyclic amines) is 1. The van der Waals surface area contributed by atoms with E-state index in [0.717, 1.165) is 38.8 Å². The molecule has 1 unspecified atom stereocenters. The van der Waals surface area contributed by atoms with E-state index in [4.69, 9.17) is 16.3 Å². The van der Waals surface area contributed by atoms with Crippen molar-refractivity contribution in [1.82, 2.24) is 14.8 Å². The number of rotatable bonds is 8. The van der Waals surface area contributed by atoms with Crippen molar-refractivity contribution in [2.24, 2.45) is 11.3 Å². The van der Waals surface area contributed by atoms with Crippen LogP contribution < -0.4 is 0 Å². The first-order chi connectivity index (χ1) is 17.1. The maximum absolute atomic E-state index is 15.8. The molecule has 5 rings (SSSR count). The van der Waals surface area contributed by atoms with Crippen LogP contribution in [0.25, 0.3) is 0 Å². The maximum atomic E-state index is 15.8. The fourth-order valence-electron chi connectivity index (χ4n) is 5.34. The molecule has 2 fully saturated rings. The highest BCUT2D eigenvalue weighted by molar-refractivity contribution is 6.30. The van der Waals surface area contributed by atoms with Gasteiger partial charge in [0.1, 0.15) is 5.82 Å². The zero-order valence-corrected chi connectivity index (χ0v) is 21.5. The summed E-state index contributed by atoms with van der Waals surface area (Å²) in [6, 6.07) is 6.39. The van der Waals surface area contributed by atoms with Gasteiger partial charge in [-0.3, -0.25) is 9.78 Å². The van der Waals surface area contributed by atoms with Gasteiger partial charge in [-0.05, 0) is 88.5 Å². The van der Waals surface area contributed by atoms with Gasteiger partial charge in [-0.1, -0.05) is 11.6 Å². The second-order valence-corrected chi connectivity index (χ2v) is 11.3. The van der Waals surface area contributed by atoms with Gasteiger partial charge in [0, 0.05) is 17.2 Å². The number of halogens is 2. The quantitative estimate of drug-likeness (QED) is 0.553. The third-order valence-electron chi connectivity index (χ3n) is 8.21. The third kappa shape index (κ3) is 4.77. The molecular weight excluding hydrogens is 485 g/mol. The van der Waals surface area contributed by atoms with Crippen molar-refractivity contribution >= 4 is 17.5 Å². The number of hydrogen-bond acceptors (Lipinski definition) is 6. The summed E-state index contributed by atoms with van der Waals surface area (Å²) < 4.78 is 21.9. The molecule has 2 aliphatic heterocycles. The molecule has 1 aromatic heterocycles. The number of ether oxygens (including phenoxy) is 1. The highest BCUT2D eigenvalue weighted by Crippen LogP contribution is 2.48. The van der Waals surface area contributed by atoms with Crippen LogP contribution in [0.2, 0.25) is 5.02 Å². The molecule has 1 aliphatic carbocycles. The smallest absolute Gasteiger partial charge is 0.257 e. The molecule has 7 nitrogen and oxygen atoms in total. The Kier molecular flexibility index (Phi) is 6.85. The third-order valence-corrected chi connectivity index (χ3v) is 8.43. The van der Waals surface area contributed by atoms with Crippen LogP contribution in [-0.2, 0) is 16.9 Å². The first-order valence-corrected chi connectivity index (χ1v) is 12.9. The van der Waals surface area contributed by atoms with Crippen molar-refractivity contribution < 1.29 is 24.1 Å². The number of benzene rings is 1. The minimum Gasteiger partial charge on any atom is -0.396 e. The van der Waals surface area contributed by atoms with Gasteiger partial charge in [-0.15, -0.1) is 0 Å². The molecule has 2 aromatic rings. The minimum atomic E-state index is -1.27. The van der Waals surface area contributed by atoms with E-state index in [1.54, 1.807) is 25.1 Å². The monoisotopic (exact) mass is 517 g/mol. The number of hydrogen-bond donors (Lipinski definition) is 2. The Labute approximate surface area is 215 Å². The van der Waals surface area contributed by atoms with Gasteiger partial charge in [-0.25, -0.2) is 4.39 Å². The number of fused-ring (bicyclic) bond motifs is 1. The van der Waals surface area contributed by atoms with E-state index in [1.165, 1.54) is 17.2 Å². The number of carbonyl (C=O) groups excluding carboxylic acids is 1. The van der Waals surface area contributed by atoms with Gasteiger partial charge in [0.25, 0.3) is 5.91 Å². The molecule has 36 heavy (non-hydrogen) atoms. The Bertz CT molecular complexity index is 1130.